The summed E-state index contributed by atoms with van der Waals surface area (Å²) in [5, 5.41) is 0. The number of hydrogen-bond acceptors (Lipinski definition) is 2. The van der Waals surface area contributed by atoms with Gasteiger partial charge < -0.3 is 9.64 Å². The standard InChI is InChI=1S/C10H10INO2/c1-7(13)12-4-5-14-10-6-8(11)2-3-9(10)12/h2-3,6H,4-5H2,1H3. The van der Waals surface area contributed by atoms with E-state index in [0.717, 1.165) is 15.0 Å². The van der Waals surface area contributed by atoms with Crippen molar-refractivity contribution in [3.8, 4) is 5.75 Å². The van der Waals surface area contributed by atoms with Gasteiger partial charge in [0.05, 0.1) is 12.2 Å². The van der Waals surface area contributed by atoms with Crippen LogP contribution in [-0.2, 0) is 4.79 Å². The third-order valence-electron chi connectivity index (χ3n) is 2.17. The minimum Gasteiger partial charge on any atom is -0.489 e. The van der Waals surface area contributed by atoms with E-state index < -0.39 is 0 Å². The van der Waals surface area contributed by atoms with E-state index in [1.807, 2.05) is 18.2 Å². The Morgan fingerprint density at radius 3 is 3.07 bits per heavy atom. The SMILES string of the molecule is CC(=O)N1CCOc2cc(I)ccc21. The highest BCUT2D eigenvalue weighted by molar-refractivity contribution is 14.1. The molecule has 1 aromatic rings. The summed E-state index contributed by atoms with van der Waals surface area (Å²) >= 11 is 2.23. The predicted octanol–water partition coefficient (Wildman–Crippen LogP) is 2.04. The predicted molar refractivity (Wildman–Crippen MR) is 62.7 cm³/mol. The van der Waals surface area contributed by atoms with Crippen LogP contribution in [0.25, 0.3) is 0 Å². The van der Waals surface area contributed by atoms with Gasteiger partial charge in [0.15, 0.2) is 0 Å². The third-order valence-corrected chi connectivity index (χ3v) is 2.84. The molecule has 0 spiro atoms. The molecule has 14 heavy (non-hydrogen) atoms. The summed E-state index contributed by atoms with van der Waals surface area (Å²) in [4.78, 5) is 13.1. The molecule has 0 bridgehead atoms. The van der Waals surface area contributed by atoms with Crippen LogP contribution in [0.5, 0.6) is 5.75 Å². The van der Waals surface area contributed by atoms with Crippen LogP contribution in [0.3, 0.4) is 0 Å². The number of anilines is 1. The number of halogens is 1. The molecule has 2 rings (SSSR count). The van der Waals surface area contributed by atoms with E-state index in [1.54, 1.807) is 11.8 Å². The highest BCUT2D eigenvalue weighted by atomic mass is 127. The van der Waals surface area contributed by atoms with Gasteiger partial charge in [-0.2, -0.15) is 0 Å². The number of hydrogen-bond donors (Lipinski definition) is 0. The van der Waals surface area contributed by atoms with Crippen LogP contribution in [0.4, 0.5) is 5.69 Å². The number of fused-ring (bicyclic) bond motifs is 1. The zero-order chi connectivity index (χ0) is 10.1. The van der Waals surface area contributed by atoms with E-state index in [2.05, 4.69) is 22.6 Å². The lowest BCUT2D eigenvalue weighted by Gasteiger charge is -2.28. The van der Waals surface area contributed by atoms with Crippen LogP contribution in [0.2, 0.25) is 0 Å². The Hall–Kier alpha value is -0.780. The molecule has 0 aromatic heterocycles. The first-order chi connectivity index (χ1) is 6.68. The maximum atomic E-state index is 11.3. The molecule has 0 aliphatic carbocycles. The molecular weight excluding hydrogens is 293 g/mol. The Labute approximate surface area is 96.2 Å². The lowest BCUT2D eigenvalue weighted by atomic mass is 10.2. The fourth-order valence-corrected chi connectivity index (χ4v) is 1.98. The van der Waals surface area contributed by atoms with Crippen molar-refractivity contribution in [2.75, 3.05) is 18.1 Å². The highest BCUT2D eigenvalue weighted by Crippen LogP contribution is 2.32. The molecule has 74 valence electrons. The van der Waals surface area contributed by atoms with Crippen LogP contribution in [0.15, 0.2) is 18.2 Å². The second-order valence-corrected chi connectivity index (χ2v) is 4.38. The smallest absolute Gasteiger partial charge is 0.224 e. The van der Waals surface area contributed by atoms with Crippen LogP contribution in [-0.4, -0.2) is 19.1 Å². The Morgan fingerprint density at radius 2 is 2.36 bits per heavy atom. The fourth-order valence-electron chi connectivity index (χ4n) is 1.52. The maximum absolute atomic E-state index is 11.3. The molecule has 0 saturated carbocycles. The van der Waals surface area contributed by atoms with Crippen molar-refractivity contribution in [3.63, 3.8) is 0 Å². The van der Waals surface area contributed by atoms with Gasteiger partial charge in [-0.1, -0.05) is 0 Å². The number of rotatable bonds is 0. The molecule has 0 radical (unpaired) electrons. The van der Waals surface area contributed by atoms with E-state index in [9.17, 15) is 4.79 Å². The second kappa shape index (κ2) is 3.76. The molecule has 3 nitrogen and oxygen atoms in total. The minimum atomic E-state index is 0.0655. The van der Waals surface area contributed by atoms with Gasteiger partial charge in [0.2, 0.25) is 5.91 Å². The molecule has 1 aromatic carbocycles. The van der Waals surface area contributed by atoms with Gasteiger partial charge in [-0.25, -0.2) is 0 Å². The van der Waals surface area contributed by atoms with Crippen LogP contribution < -0.4 is 9.64 Å². The maximum Gasteiger partial charge on any atom is 0.224 e. The molecule has 1 heterocycles. The van der Waals surface area contributed by atoms with Crippen molar-refractivity contribution in [2.45, 2.75) is 6.92 Å². The van der Waals surface area contributed by atoms with Gasteiger partial charge in [-0.05, 0) is 40.8 Å². The number of amides is 1. The Balaban J connectivity index is 2.44. The quantitative estimate of drug-likeness (QED) is 0.686. The van der Waals surface area contributed by atoms with E-state index >= 15 is 0 Å². The topological polar surface area (TPSA) is 29.5 Å². The van der Waals surface area contributed by atoms with Crippen molar-refractivity contribution >= 4 is 34.2 Å². The lowest BCUT2D eigenvalue weighted by molar-refractivity contribution is -0.116. The zero-order valence-electron chi connectivity index (χ0n) is 7.79. The second-order valence-electron chi connectivity index (χ2n) is 3.13. The molecule has 0 N–H and O–H groups in total. The third kappa shape index (κ3) is 1.70. The van der Waals surface area contributed by atoms with Crippen LogP contribution in [0, 0.1) is 3.57 Å². The normalized spacial score (nSPS) is 14.6. The van der Waals surface area contributed by atoms with Gasteiger partial charge in [-0.3, -0.25) is 4.79 Å². The van der Waals surface area contributed by atoms with E-state index in [1.165, 1.54) is 0 Å². The summed E-state index contributed by atoms with van der Waals surface area (Å²) in [5.41, 5.74) is 0.879. The van der Waals surface area contributed by atoms with E-state index in [0.29, 0.717) is 13.2 Å². The molecule has 0 saturated heterocycles. The highest BCUT2D eigenvalue weighted by Gasteiger charge is 2.20. The summed E-state index contributed by atoms with van der Waals surface area (Å²) in [6.07, 6.45) is 0. The molecule has 1 aliphatic heterocycles. The molecule has 4 heteroatoms. The Bertz CT molecular complexity index is 378. The number of nitrogens with zero attached hydrogens (tertiary/aromatic N) is 1. The molecule has 0 atom stereocenters. The summed E-state index contributed by atoms with van der Waals surface area (Å²) in [6, 6.07) is 5.85. The first kappa shape index (κ1) is 9.76. The summed E-state index contributed by atoms with van der Waals surface area (Å²) in [7, 11) is 0. The van der Waals surface area contributed by atoms with Crippen molar-refractivity contribution in [1.29, 1.82) is 0 Å². The Kier molecular flexibility index (Phi) is 2.62. The molecule has 0 fully saturated rings. The van der Waals surface area contributed by atoms with Crippen molar-refractivity contribution < 1.29 is 9.53 Å². The summed E-state index contributed by atoms with van der Waals surface area (Å²) in [6.45, 7) is 2.79. The summed E-state index contributed by atoms with van der Waals surface area (Å²) in [5.74, 6) is 0.870. The number of carbonyl (C=O) groups is 1. The monoisotopic (exact) mass is 303 g/mol. The van der Waals surface area contributed by atoms with Gasteiger partial charge in [-0.15, -0.1) is 0 Å². The number of carbonyl (C=O) groups excluding carboxylic acids is 1. The van der Waals surface area contributed by atoms with Gasteiger partial charge in [0.25, 0.3) is 0 Å². The van der Waals surface area contributed by atoms with E-state index in [4.69, 9.17) is 4.74 Å². The van der Waals surface area contributed by atoms with Crippen molar-refractivity contribution in [2.24, 2.45) is 0 Å². The lowest BCUT2D eigenvalue weighted by Crippen LogP contribution is -2.36. The molecule has 0 unspecified atom stereocenters. The average Bonchev–Trinajstić information content (AvgIpc) is 2.16. The van der Waals surface area contributed by atoms with Crippen molar-refractivity contribution in [3.05, 3.63) is 21.8 Å². The van der Waals surface area contributed by atoms with Gasteiger partial charge in [0, 0.05) is 10.5 Å². The first-order valence-corrected chi connectivity index (χ1v) is 5.47. The van der Waals surface area contributed by atoms with Gasteiger partial charge >= 0.3 is 0 Å². The molecule has 1 amide bonds. The van der Waals surface area contributed by atoms with E-state index in [-0.39, 0.29) is 5.91 Å². The molecular formula is C10H10INO2. The summed E-state index contributed by atoms with van der Waals surface area (Å²) < 4.78 is 6.60. The fraction of sp³-hybridized carbons (Fsp3) is 0.300. The van der Waals surface area contributed by atoms with Crippen LogP contribution >= 0.6 is 22.6 Å². The average molecular weight is 303 g/mol. The van der Waals surface area contributed by atoms with Crippen LogP contribution in [0.1, 0.15) is 6.92 Å². The first-order valence-electron chi connectivity index (χ1n) is 4.39. The van der Waals surface area contributed by atoms with Gasteiger partial charge in [0.1, 0.15) is 12.4 Å². The van der Waals surface area contributed by atoms with Crippen molar-refractivity contribution in [1.82, 2.24) is 0 Å². The largest absolute Gasteiger partial charge is 0.489 e. The minimum absolute atomic E-state index is 0.0655. The molecule has 1 aliphatic rings. The zero-order valence-corrected chi connectivity index (χ0v) is 9.95. The number of benzene rings is 1. The Morgan fingerprint density at radius 1 is 1.57 bits per heavy atom. The number of ether oxygens (including phenoxy) is 1.